The number of aryl methyl sites for hydroxylation is 1. The number of aromatic nitrogens is 2. The number of hydrogen-bond acceptors (Lipinski definition) is 4. The van der Waals surface area contributed by atoms with E-state index >= 15 is 0 Å². The smallest absolute Gasteiger partial charge is 0.0948 e. The van der Waals surface area contributed by atoms with Crippen LogP contribution in [0, 0.1) is 0 Å². The van der Waals surface area contributed by atoms with Crippen molar-refractivity contribution in [2.45, 2.75) is 45.0 Å². The van der Waals surface area contributed by atoms with Gasteiger partial charge >= 0.3 is 0 Å². The number of nitrogens with two attached hydrogens (primary N) is 1. The lowest BCUT2D eigenvalue weighted by Gasteiger charge is -2.34. The molecule has 0 radical (unpaired) electrons. The van der Waals surface area contributed by atoms with Crippen LogP contribution in [0.25, 0.3) is 0 Å². The molecule has 0 aromatic carbocycles. The van der Waals surface area contributed by atoms with Gasteiger partial charge in [-0.3, -0.25) is 4.90 Å². The summed E-state index contributed by atoms with van der Waals surface area (Å²) in [4.78, 5) is 6.59. The third-order valence-electron chi connectivity index (χ3n) is 4.00. The molecule has 5 nitrogen and oxygen atoms in total. The van der Waals surface area contributed by atoms with E-state index in [9.17, 15) is 0 Å². The molecule has 5 heteroatoms. The zero-order valence-electron chi connectivity index (χ0n) is 11.5. The zero-order valence-corrected chi connectivity index (χ0v) is 11.5. The minimum absolute atomic E-state index is 0.210. The highest BCUT2D eigenvalue weighted by atomic mass is 16.5. The van der Waals surface area contributed by atoms with Crippen LogP contribution in [-0.2, 0) is 11.3 Å². The van der Waals surface area contributed by atoms with Gasteiger partial charge in [-0.1, -0.05) is 0 Å². The molecule has 1 aromatic rings. The van der Waals surface area contributed by atoms with Crippen LogP contribution in [-0.4, -0.2) is 46.8 Å². The third kappa shape index (κ3) is 2.43. The molecule has 0 saturated carbocycles. The standard InChI is InChI=1S/C13H24N4O/c1-4-17-9-15-8-13(17)12(7-14)16(3)11-5-6-18-10(11)2/h8-12H,4-7,14H2,1-3H3. The molecule has 1 aromatic heterocycles. The van der Waals surface area contributed by atoms with Gasteiger partial charge in [0.2, 0.25) is 0 Å². The molecule has 0 amide bonds. The Hall–Kier alpha value is -0.910. The van der Waals surface area contributed by atoms with Gasteiger partial charge in [-0.15, -0.1) is 0 Å². The van der Waals surface area contributed by atoms with E-state index in [1.807, 2.05) is 12.5 Å². The molecule has 1 fully saturated rings. The fourth-order valence-electron chi connectivity index (χ4n) is 2.85. The first kappa shape index (κ1) is 13.5. The summed E-state index contributed by atoms with van der Waals surface area (Å²) in [6.07, 6.45) is 5.16. The van der Waals surface area contributed by atoms with Crippen molar-refractivity contribution in [2.75, 3.05) is 20.2 Å². The molecule has 1 aliphatic rings. The molecule has 102 valence electrons. The van der Waals surface area contributed by atoms with Crippen molar-refractivity contribution in [1.82, 2.24) is 14.5 Å². The van der Waals surface area contributed by atoms with Gasteiger partial charge in [0.25, 0.3) is 0 Å². The highest BCUT2D eigenvalue weighted by Crippen LogP contribution is 2.26. The van der Waals surface area contributed by atoms with Crippen molar-refractivity contribution in [1.29, 1.82) is 0 Å². The van der Waals surface area contributed by atoms with Gasteiger partial charge in [-0.2, -0.15) is 0 Å². The second-order valence-corrected chi connectivity index (χ2v) is 4.95. The first-order valence-electron chi connectivity index (χ1n) is 6.72. The first-order chi connectivity index (χ1) is 8.69. The van der Waals surface area contributed by atoms with Crippen LogP contribution in [0.2, 0.25) is 0 Å². The van der Waals surface area contributed by atoms with Gasteiger partial charge in [0.05, 0.1) is 24.2 Å². The maximum atomic E-state index is 5.98. The molecule has 0 bridgehead atoms. The van der Waals surface area contributed by atoms with Crippen LogP contribution >= 0.6 is 0 Å². The molecule has 1 saturated heterocycles. The summed E-state index contributed by atoms with van der Waals surface area (Å²) >= 11 is 0. The Balaban J connectivity index is 2.17. The largest absolute Gasteiger partial charge is 0.377 e. The van der Waals surface area contributed by atoms with Crippen LogP contribution in [0.5, 0.6) is 0 Å². The van der Waals surface area contributed by atoms with Gasteiger partial charge < -0.3 is 15.0 Å². The monoisotopic (exact) mass is 252 g/mol. The van der Waals surface area contributed by atoms with E-state index in [1.54, 1.807) is 0 Å². The fourth-order valence-corrected chi connectivity index (χ4v) is 2.85. The molecule has 0 spiro atoms. The number of likely N-dealkylation sites (N-methyl/N-ethyl adjacent to an activating group) is 1. The van der Waals surface area contributed by atoms with Crippen molar-refractivity contribution in [2.24, 2.45) is 5.73 Å². The second-order valence-electron chi connectivity index (χ2n) is 4.95. The number of hydrogen-bond donors (Lipinski definition) is 1. The maximum Gasteiger partial charge on any atom is 0.0948 e. The van der Waals surface area contributed by atoms with E-state index in [-0.39, 0.29) is 12.1 Å². The van der Waals surface area contributed by atoms with E-state index in [1.165, 1.54) is 5.69 Å². The van der Waals surface area contributed by atoms with Gasteiger partial charge in [-0.05, 0) is 27.3 Å². The Labute approximate surface area is 109 Å². The minimum atomic E-state index is 0.210. The molecule has 3 unspecified atom stereocenters. The predicted octanol–water partition coefficient (Wildman–Crippen LogP) is 1.01. The van der Waals surface area contributed by atoms with E-state index < -0.39 is 0 Å². The van der Waals surface area contributed by atoms with Crippen LogP contribution in [0.3, 0.4) is 0 Å². The molecule has 3 atom stereocenters. The number of rotatable bonds is 5. The molecule has 2 N–H and O–H groups in total. The average Bonchev–Trinajstić information content (AvgIpc) is 2.98. The Kier molecular flexibility index (Phi) is 4.37. The van der Waals surface area contributed by atoms with Crippen LogP contribution in [0.1, 0.15) is 32.0 Å². The highest BCUT2D eigenvalue weighted by molar-refractivity contribution is 5.07. The Morgan fingerprint density at radius 3 is 3.00 bits per heavy atom. The van der Waals surface area contributed by atoms with Crippen molar-refractivity contribution in [3.63, 3.8) is 0 Å². The molecular weight excluding hydrogens is 228 g/mol. The van der Waals surface area contributed by atoms with E-state index in [4.69, 9.17) is 10.5 Å². The van der Waals surface area contributed by atoms with Crippen molar-refractivity contribution in [3.05, 3.63) is 18.2 Å². The Morgan fingerprint density at radius 1 is 1.67 bits per heavy atom. The summed E-state index contributed by atoms with van der Waals surface area (Å²) in [6.45, 7) is 6.64. The molecule has 18 heavy (non-hydrogen) atoms. The lowest BCUT2D eigenvalue weighted by molar-refractivity contribution is 0.0671. The first-order valence-corrected chi connectivity index (χ1v) is 6.72. The number of imidazole rings is 1. The molecule has 2 rings (SSSR count). The molecular formula is C13H24N4O. The lowest BCUT2D eigenvalue weighted by Crippen LogP contribution is -2.42. The van der Waals surface area contributed by atoms with Crippen LogP contribution < -0.4 is 5.73 Å². The topological polar surface area (TPSA) is 56.3 Å². The van der Waals surface area contributed by atoms with Gasteiger partial charge in [-0.25, -0.2) is 4.98 Å². The zero-order chi connectivity index (χ0) is 13.1. The number of ether oxygens (including phenoxy) is 1. The summed E-state index contributed by atoms with van der Waals surface area (Å²) in [5.74, 6) is 0. The van der Waals surface area contributed by atoms with Gasteiger partial charge in [0, 0.05) is 31.9 Å². The minimum Gasteiger partial charge on any atom is -0.377 e. The lowest BCUT2D eigenvalue weighted by atomic mass is 10.1. The van der Waals surface area contributed by atoms with Crippen molar-refractivity contribution >= 4 is 0 Å². The maximum absolute atomic E-state index is 5.98. The summed E-state index contributed by atoms with van der Waals surface area (Å²) in [7, 11) is 2.14. The SMILES string of the molecule is CCn1cncc1C(CN)N(C)C1CCOC1C. The second kappa shape index (κ2) is 5.82. The fraction of sp³-hybridized carbons (Fsp3) is 0.769. The third-order valence-corrected chi connectivity index (χ3v) is 4.00. The summed E-state index contributed by atoms with van der Waals surface area (Å²) in [6, 6.07) is 0.653. The van der Waals surface area contributed by atoms with E-state index in [0.29, 0.717) is 12.6 Å². The molecule has 2 heterocycles. The van der Waals surface area contributed by atoms with Crippen LogP contribution in [0.15, 0.2) is 12.5 Å². The van der Waals surface area contributed by atoms with Gasteiger partial charge in [0.1, 0.15) is 0 Å². The summed E-state index contributed by atoms with van der Waals surface area (Å²) < 4.78 is 7.81. The number of nitrogens with zero attached hydrogens (tertiary/aromatic N) is 3. The average molecular weight is 252 g/mol. The summed E-state index contributed by atoms with van der Waals surface area (Å²) in [5.41, 5.74) is 7.17. The summed E-state index contributed by atoms with van der Waals surface area (Å²) in [5, 5.41) is 0. The molecule has 1 aliphatic heterocycles. The van der Waals surface area contributed by atoms with Gasteiger partial charge in [0.15, 0.2) is 0 Å². The Bertz CT molecular complexity index is 379. The predicted molar refractivity (Wildman–Crippen MR) is 71.3 cm³/mol. The van der Waals surface area contributed by atoms with Crippen LogP contribution in [0.4, 0.5) is 0 Å². The normalized spacial score (nSPS) is 25.8. The highest BCUT2D eigenvalue weighted by Gasteiger charge is 2.32. The van der Waals surface area contributed by atoms with Crippen molar-refractivity contribution in [3.8, 4) is 0 Å². The van der Waals surface area contributed by atoms with E-state index in [2.05, 4.69) is 35.3 Å². The van der Waals surface area contributed by atoms with Crippen molar-refractivity contribution < 1.29 is 4.74 Å². The van der Waals surface area contributed by atoms with E-state index in [0.717, 1.165) is 19.6 Å². The Morgan fingerprint density at radius 2 is 2.44 bits per heavy atom. The quantitative estimate of drug-likeness (QED) is 0.850. The molecule has 0 aliphatic carbocycles.